The Morgan fingerprint density at radius 3 is 2.59 bits per heavy atom. The van der Waals surface area contributed by atoms with Crippen LogP contribution in [0.3, 0.4) is 0 Å². The summed E-state index contributed by atoms with van der Waals surface area (Å²) < 4.78 is 11.3. The third-order valence-corrected chi connectivity index (χ3v) is 4.64. The molecule has 0 saturated heterocycles. The molecule has 1 aliphatic heterocycles. The lowest BCUT2D eigenvalue weighted by Crippen LogP contribution is -2.31. The van der Waals surface area contributed by atoms with Gasteiger partial charge in [-0.3, -0.25) is 9.78 Å². The van der Waals surface area contributed by atoms with Crippen LogP contribution in [0.5, 0.6) is 11.5 Å². The summed E-state index contributed by atoms with van der Waals surface area (Å²) in [6.45, 7) is 3.35. The van der Waals surface area contributed by atoms with Crippen LogP contribution in [0.2, 0.25) is 0 Å². The van der Waals surface area contributed by atoms with Crippen LogP contribution in [-0.4, -0.2) is 30.6 Å². The molecule has 0 bridgehead atoms. The van der Waals surface area contributed by atoms with Crippen molar-refractivity contribution in [2.24, 2.45) is 0 Å². The smallest absolute Gasteiger partial charge is 0.260 e. The van der Waals surface area contributed by atoms with Crippen LogP contribution in [0.1, 0.15) is 21.6 Å². The number of nitrogens with zero attached hydrogens (tertiary/aromatic N) is 2. The van der Waals surface area contributed by atoms with E-state index in [2.05, 4.69) is 4.98 Å². The lowest BCUT2D eigenvalue weighted by molar-refractivity contribution is 0.0989. The Labute approximate surface area is 170 Å². The highest BCUT2D eigenvalue weighted by atomic mass is 16.6. The van der Waals surface area contributed by atoms with Crippen LogP contribution in [0.15, 0.2) is 72.9 Å². The van der Waals surface area contributed by atoms with Crippen molar-refractivity contribution < 1.29 is 14.3 Å². The van der Waals surface area contributed by atoms with E-state index in [0.717, 1.165) is 16.9 Å². The summed E-state index contributed by atoms with van der Waals surface area (Å²) in [5.74, 6) is 1.23. The number of ether oxygens (including phenoxy) is 2. The minimum Gasteiger partial charge on any atom is -0.486 e. The van der Waals surface area contributed by atoms with Gasteiger partial charge < -0.3 is 14.4 Å². The maximum absolute atomic E-state index is 13.2. The number of hydrogen-bond donors (Lipinski definition) is 0. The summed E-state index contributed by atoms with van der Waals surface area (Å²) >= 11 is 0. The molecule has 5 nitrogen and oxygen atoms in total. The minimum absolute atomic E-state index is 0.119. The monoisotopic (exact) mass is 386 g/mol. The van der Waals surface area contributed by atoms with Crippen molar-refractivity contribution in [1.29, 1.82) is 0 Å². The molecule has 4 rings (SSSR count). The maximum atomic E-state index is 13.2. The Morgan fingerprint density at radius 2 is 1.83 bits per heavy atom. The largest absolute Gasteiger partial charge is 0.486 e. The number of anilines is 1. The Morgan fingerprint density at radius 1 is 1.03 bits per heavy atom. The number of amides is 1. The lowest BCUT2D eigenvalue weighted by atomic mass is 10.1. The van der Waals surface area contributed by atoms with E-state index in [9.17, 15) is 4.79 Å². The highest BCUT2D eigenvalue weighted by Gasteiger charge is 2.20. The number of pyridine rings is 1. The van der Waals surface area contributed by atoms with Crippen LogP contribution in [-0.2, 0) is 0 Å². The molecule has 0 spiro atoms. The van der Waals surface area contributed by atoms with Gasteiger partial charge in [0.1, 0.15) is 13.2 Å². The van der Waals surface area contributed by atoms with Crippen molar-refractivity contribution >= 4 is 17.7 Å². The fourth-order valence-corrected chi connectivity index (χ4v) is 3.11. The van der Waals surface area contributed by atoms with Crippen LogP contribution >= 0.6 is 0 Å². The summed E-state index contributed by atoms with van der Waals surface area (Å²) in [4.78, 5) is 19.2. The number of aryl methyl sites for hydroxylation is 1. The van der Waals surface area contributed by atoms with Gasteiger partial charge in [0.15, 0.2) is 11.5 Å². The Bertz CT molecular complexity index is 1010. The van der Waals surface area contributed by atoms with E-state index in [1.807, 2.05) is 73.7 Å². The summed E-state index contributed by atoms with van der Waals surface area (Å²) in [6.07, 6.45) is 5.60. The lowest BCUT2D eigenvalue weighted by Gasteiger charge is -2.24. The molecular formula is C24H22N2O3. The van der Waals surface area contributed by atoms with Crippen molar-refractivity contribution in [1.82, 2.24) is 4.98 Å². The zero-order valence-corrected chi connectivity index (χ0v) is 16.2. The Balaban J connectivity index is 1.63. The molecule has 2 heterocycles. The van der Waals surface area contributed by atoms with Gasteiger partial charge in [0.2, 0.25) is 0 Å². The van der Waals surface area contributed by atoms with E-state index >= 15 is 0 Å². The van der Waals surface area contributed by atoms with Gasteiger partial charge in [-0.2, -0.15) is 0 Å². The van der Waals surface area contributed by atoms with Crippen LogP contribution < -0.4 is 14.4 Å². The third kappa shape index (κ3) is 4.46. The SMILES string of the molecule is Cc1ccc(C(=O)N(C/C=C/c2ccccc2)c2ccc3c(c2)OCCO3)cn1. The first kappa shape index (κ1) is 18.7. The number of benzene rings is 2. The van der Waals surface area contributed by atoms with Crippen molar-refractivity contribution in [2.45, 2.75) is 6.92 Å². The summed E-state index contributed by atoms with van der Waals surface area (Å²) in [6, 6.07) is 19.2. The molecule has 29 heavy (non-hydrogen) atoms. The molecule has 0 fully saturated rings. The molecule has 146 valence electrons. The average Bonchev–Trinajstić information content (AvgIpc) is 2.77. The van der Waals surface area contributed by atoms with Crippen LogP contribution in [0.25, 0.3) is 6.08 Å². The van der Waals surface area contributed by atoms with Gasteiger partial charge in [0.05, 0.1) is 5.56 Å². The van der Waals surface area contributed by atoms with E-state index in [1.165, 1.54) is 0 Å². The van der Waals surface area contributed by atoms with Gasteiger partial charge in [-0.25, -0.2) is 0 Å². The molecule has 2 aromatic carbocycles. The van der Waals surface area contributed by atoms with Gasteiger partial charge in [0.25, 0.3) is 5.91 Å². The molecule has 0 aliphatic carbocycles. The Kier molecular flexibility index (Phi) is 5.56. The molecule has 0 N–H and O–H groups in total. The molecule has 0 radical (unpaired) electrons. The highest BCUT2D eigenvalue weighted by molar-refractivity contribution is 6.06. The number of hydrogen-bond acceptors (Lipinski definition) is 4. The van der Waals surface area contributed by atoms with Crippen molar-refractivity contribution in [3.8, 4) is 11.5 Å². The zero-order valence-electron chi connectivity index (χ0n) is 16.2. The molecule has 5 heteroatoms. The molecule has 1 aliphatic rings. The van der Waals surface area contributed by atoms with Gasteiger partial charge in [-0.1, -0.05) is 42.5 Å². The molecule has 1 amide bonds. The molecule has 3 aromatic rings. The first-order chi connectivity index (χ1) is 14.2. The Hall–Kier alpha value is -3.60. The first-order valence-corrected chi connectivity index (χ1v) is 9.56. The fraction of sp³-hybridized carbons (Fsp3) is 0.167. The molecular weight excluding hydrogens is 364 g/mol. The standard InChI is InChI=1S/C24H22N2O3/c1-18-9-10-20(17-25-18)24(27)26(13-5-8-19-6-3-2-4-7-19)21-11-12-22-23(16-21)29-15-14-28-22/h2-12,16-17H,13-15H2,1H3/b8-5+. The summed E-state index contributed by atoms with van der Waals surface area (Å²) in [7, 11) is 0. The molecule has 0 atom stereocenters. The predicted molar refractivity (Wildman–Crippen MR) is 114 cm³/mol. The fourth-order valence-electron chi connectivity index (χ4n) is 3.11. The molecule has 0 unspecified atom stereocenters. The molecule has 0 saturated carbocycles. The van der Waals surface area contributed by atoms with Crippen molar-refractivity contribution in [2.75, 3.05) is 24.7 Å². The second-order valence-electron chi connectivity index (χ2n) is 6.75. The van der Waals surface area contributed by atoms with E-state index < -0.39 is 0 Å². The van der Waals surface area contributed by atoms with Gasteiger partial charge in [-0.05, 0) is 36.8 Å². The zero-order chi connectivity index (χ0) is 20.1. The number of rotatable bonds is 5. The van der Waals surface area contributed by atoms with Crippen molar-refractivity contribution in [3.63, 3.8) is 0 Å². The van der Waals surface area contributed by atoms with E-state index in [4.69, 9.17) is 9.47 Å². The predicted octanol–water partition coefficient (Wildman–Crippen LogP) is 4.52. The third-order valence-electron chi connectivity index (χ3n) is 4.64. The van der Waals surface area contributed by atoms with Crippen LogP contribution in [0.4, 0.5) is 5.69 Å². The second-order valence-corrected chi connectivity index (χ2v) is 6.75. The van der Waals surface area contributed by atoms with E-state index in [1.54, 1.807) is 17.2 Å². The van der Waals surface area contributed by atoms with Gasteiger partial charge >= 0.3 is 0 Å². The number of carbonyl (C=O) groups excluding carboxylic acids is 1. The summed E-state index contributed by atoms with van der Waals surface area (Å²) in [5.41, 5.74) is 3.24. The van der Waals surface area contributed by atoms with Crippen LogP contribution in [0, 0.1) is 6.92 Å². The van der Waals surface area contributed by atoms with E-state index in [0.29, 0.717) is 36.8 Å². The quantitative estimate of drug-likeness (QED) is 0.647. The van der Waals surface area contributed by atoms with Gasteiger partial charge in [-0.15, -0.1) is 0 Å². The summed E-state index contributed by atoms with van der Waals surface area (Å²) in [5, 5.41) is 0. The van der Waals surface area contributed by atoms with E-state index in [-0.39, 0.29) is 5.91 Å². The van der Waals surface area contributed by atoms with Crippen molar-refractivity contribution in [3.05, 3.63) is 89.8 Å². The molecule has 1 aromatic heterocycles. The minimum atomic E-state index is -0.119. The normalized spacial score (nSPS) is 12.7. The maximum Gasteiger partial charge on any atom is 0.260 e. The number of aromatic nitrogens is 1. The first-order valence-electron chi connectivity index (χ1n) is 9.56. The highest BCUT2D eigenvalue weighted by Crippen LogP contribution is 2.34. The average molecular weight is 386 g/mol. The number of carbonyl (C=O) groups is 1. The topological polar surface area (TPSA) is 51.7 Å². The second kappa shape index (κ2) is 8.61. The van der Waals surface area contributed by atoms with Gasteiger partial charge in [0, 0.05) is 30.2 Å². The number of fused-ring (bicyclic) bond motifs is 1.